The number of imide groups is 2. The molecule has 0 unspecified atom stereocenters. The van der Waals surface area contributed by atoms with Crippen molar-refractivity contribution in [2.45, 2.75) is 6.92 Å². The number of hydrogen-bond donors (Lipinski definition) is 1. The number of carbonyl (C=O) groups is 3. The van der Waals surface area contributed by atoms with E-state index in [1.807, 2.05) is 31.2 Å². The van der Waals surface area contributed by atoms with Gasteiger partial charge in [0.2, 0.25) is 0 Å². The molecule has 0 atom stereocenters. The monoisotopic (exact) mass is 540 g/mol. The Hall–Kier alpha value is -4.01. The Morgan fingerprint density at radius 2 is 1.62 bits per heavy atom. The molecule has 4 amide bonds. The number of benzene rings is 3. The van der Waals surface area contributed by atoms with Crippen LogP contribution in [-0.2, 0) is 9.59 Å². The SMILES string of the molecule is COc1cc(/C=C2/C(=O)NC(=O)N(c3ccc(Cl)cc3)C2=O)cc(Cl)c1OCCOc1ccccc1C. The summed E-state index contributed by atoms with van der Waals surface area (Å²) in [4.78, 5) is 38.8. The number of barbiturate groups is 1. The van der Waals surface area contributed by atoms with Crippen molar-refractivity contribution < 1.29 is 28.6 Å². The molecular formula is C27H22Cl2N2O6. The molecule has 0 spiro atoms. The van der Waals surface area contributed by atoms with Gasteiger partial charge in [-0.25, -0.2) is 9.69 Å². The molecule has 8 nitrogen and oxygen atoms in total. The summed E-state index contributed by atoms with van der Waals surface area (Å²) in [6, 6.07) is 15.9. The summed E-state index contributed by atoms with van der Waals surface area (Å²) in [5.41, 5.74) is 1.41. The zero-order valence-electron chi connectivity index (χ0n) is 19.9. The summed E-state index contributed by atoms with van der Waals surface area (Å²) in [7, 11) is 1.44. The van der Waals surface area contributed by atoms with Gasteiger partial charge in [0.15, 0.2) is 11.5 Å². The lowest BCUT2D eigenvalue weighted by molar-refractivity contribution is -0.122. The number of amides is 4. The van der Waals surface area contributed by atoms with Crippen LogP contribution in [0.2, 0.25) is 10.0 Å². The lowest BCUT2D eigenvalue weighted by Gasteiger charge is -2.26. The van der Waals surface area contributed by atoms with Crippen LogP contribution in [0.25, 0.3) is 6.08 Å². The van der Waals surface area contributed by atoms with E-state index in [1.54, 1.807) is 6.07 Å². The number of ether oxygens (including phenoxy) is 3. The lowest BCUT2D eigenvalue weighted by Crippen LogP contribution is -2.54. The molecule has 0 aromatic heterocycles. The highest BCUT2D eigenvalue weighted by Crippen LogP contribution is 2.37. The summed E-state index contributed by atoms with van der Waals surface area (Å²) in [6.07, 6.45) is 1.33. The van der Waals surface area contributed by atoms with Crippen molar-refractivity contribution >= 4 is 52.8 Å². The number of urea groups is 1. The fourth-order valence-corrected chi connectivity index (χ4v) is 4.03. The Kier molecular flexibility index (Phi) is 8.01. The van der Waals surface area contributed by atoms with Crippen molar-refractivity contribution in [1.82, 2.24) is 5.32 Å². The molecule has 1 heterocycles. The van der Waals surface area contributed by atoms with E-state index < -0.39 is 17.8 Å². The molecule has 0 radical (unpaired) electrons. The van der Waals surface area contributed by atoms with Crippen molar-refractivity contribution in [3.8, 4) is 17.2 Å². The molecule has 1 saturated heterocycles. The molecule has 1 aliphatic heterocycles. The van der Waals surface area contributed by atoms with Crippen molar-refractivity contribution in [2.75, 3.05) is 25.2 Å². The van der Waals surface area contributed by atoms with Gasteiger partial charge in [-0.05, 0) is 66.6 Å². The smallest absolute Gasteiger partial charge is 0.335 e. The van der Waals surface area contributed by atoms with Crippen molar-refractivity contribution in [2.24, 2.45) is 0 Å². The number of methoxy groups -OCH3 is 1. The van der Waals surface area contributed by atoms with E-state index in [9.17, 15) is 14.4 Å². The number of carbonyl (C=O) groups excluding carboxylic acids is 3. The molecule has 0 bridgehead atoms. The second kappa shape index (κ2) is 11.4. The lowest BCUT2D eigenvalue weighted by atomic mass is 10.1. The summed E-state index contributed by atoms with van der Waals surface area (Å²) >= 11 is 12.4. The molecule has 4 rings (SSSR count). The summed E-state index contributed by atoms with van der Waals surface area (Å²) in [5, 5.41) is 2.81. The normalized spacial score (nSPS) is 14.5. The van der Waals surface area contributed by atoms with Gasteiger partial charge < -0.3 is 14.2 Å². The van der Waals surface area contributed by atoms with Crippen molar-refractivity contribution in [1.29, 1.82) is 0 Å². The predicted octanol–water partition coefficient (Wildman–Crippen LogP) is 5.43. The van der Waals surface area contributed by atoms with Crippen LogP contribution in [0.3, 0.4) is 0 Å². The molecule has 3 aromatic carbocycles. The number of nitrogens with zero attached hydrogens (tertiary/aromatic N) is 1. The van der Waals surface area contributed by atoms with Gasteiger partial charge >= 0.3 is 6.03 Å². The maximum atomic E-state index is 13.1. The standard InChI is InChI=1S/C27H22Cl2N2O6/c1-16-5-3-4-6-22(16)36-11-12-37-24-21(29)14-17(15-23(24)35-2)13-20-25(32)30-27(34)31(26(20)33)19-9-7-18(28)8-10-19/h3-10,13-15H,11-12H2,1-2H3,(H,30,32,34)/b20-13-. The van der Waals surface area contributed by atoms with E-state index in [0.29, 0.717) is 16.3 Å². The summed E-state index contributed by atoms with van der Waals surface area (Å²) in [6.45, 7) is 2.43. The topological polar surface area (TPSA) is 94.2 Å². The summed E-state index contributed by atoms with van der Waals surface area (Å²) < 4.78 is 17.0. The summed E-state index contributed by atoms with van der Waals surface area (Å²) in [5.74, 6) is -0.279. The zero-order chi connectivity index (χ0) is 26.5. The van der Waals surface area contributed by atoms with Crippen LogP contribution in [-0.4, -0.2) is 38.2 Å². The van der Waals surface area contributed by atoms with Crippen molar-refractivity contribution in [3.63, 3.8) is 0 Å². The van der Waals surface area contributed by atoms with E-state index in [-0.39, 0.29) is 35.2 Å². The van der Waals surface area contributed by atoms with E-state index in [2.05, 4.69) is 5.32 Å². The fraction of sp³-hybridized carbons (Fsp3) is 0.148. The average molecular weight is 541 g/mol. The molecule has 0 saturated carbocycles. The fourth-order valence-electron chi connectivity index (χ4n) is 3.63. The Morgan fingerprint density at radius 3 is 2.32 bits per heavy atom. The van der Waals surface area contributed by atoms with Gasteiger partial charge in [-0.15, -0.1) is 0 Å². The van der Waals surface area contributed by atoms with Gasteiger partial charge in [-0.2, -0.15) is 0 Å². The molecular weight excluding hydrogens is 519 g/mol. The molecule has 3 aromatic rings. The number of rotatable bonds is 8. The quantitative estimate of drug-likeness (QED) is 0.232. The maximum Gasteiger partial charge on any atom is 0.335 e. The molecule has 10 heteroatoms. The highest BCUT2D eigenvalue weighted by molar-refractivity contribution is 6.39. The van der Waals surface area contributed by atoms with Gasteiger partial charge in [0.1, 0.15) is 24.5 Å². The van der Waals surface area contributed by atoms with E-state index in [1.165, 1.54) is 43.5 Å². The number of halogens is 2. The third kappa shape index (κ3) is 5.87. The Morgan fingerprint density at radius 1 is 0.919 bits per heavy atom. The first kappa shape index (κ1) is 26.1. The highest BCUT2D eigenvalue weighted by atomic mass is 35.5. The van der Waals surface area contributed by atoms with Gasteiger partial charge in [0, 0.05) is 5.02 Å². The number of nitrogens with one attached hydrogen (secondary N) is 1. The maximum absolute atomic E-state index is 13.1. The average Bonchev–Trinajstić information content (AvgIpc) is 2.87. The van der Waals surface area contributed by atoms with Gasteiger partial charge in [-0.1, -0.05) is 41.4 Å². The first-order valence-corrected chi connectivity index (χ1v) is 11.9. The van der Waals surface area contributed by atoms with Gasteiger partial charge in [0.05, 0.1) is 17.8 Å². The Balaban J connectivity index is 1.53. The Bertz CT molecular complexity index is 1390. The first-order valence-electron chi connectivity index (χ1n) is 11.1. The minimum Gasteiger partial charge on any atom is -0.493 e. The van der Waals surface area contributed by atoms with Crippen LogP contribution in [0, 0.1) is 6.92 Å². The van der Waals surface area contributed by atoms with Crippen LogP contribution < -0.4 is 24.4 Å². The number of para-hydroxylation sites is 1. The van der Waals surface area contributed by atoms with E-state index in [4.69, 9.17) is 37.4 Å². The molecule has 0 aliphatic carbocycles. The van der Waals surface area contributed by atoms with E-state index >= 15 is 0 Å². The molecule has 190 valence electrons. The molecule has 1 aliphatic rings. The minimum absolute atomic E-state index is 0.198. The van der Waals surface area contributed by atoms with E-state index in [0.717, 1.165) is 16.2 Å². The molecule has 1 fully saturated rings. The Labute approximate surface area is 223 Å². The van der Waals surface area contributed by atoms with Crippen LogP contribution in [0.15, 0.2) is 66.2 Å². The second-order valence-electron chi connectivity index (χ2n) is 7.93. The first-order chi connectivity index (χ1) is 17.8. The van der Waals surface area contributed by atoms with Crippen molar-refractivity contribution in [3.05, 3.63) is 87.4 Å². The number of hydrogen-bond acceptors (Lipinski definition) is 6. The highest BCUT2D eigenvalue weighted by Gasteiger charge is 2.36. The number of aryl methyl sites for hydroxylation is 1. The third-order valence-electron chi connectivity index (χ3n) is 5.43. The molecule has 1 N–H and O–H groups in total. The third-order valence-corrected chi connectivity index (χ3v) is 5.96. The van der Waals surface area contributed by atoms with Gasteiger partial charge in [0.25, 0.3) is 11.8 Å². The van der Waals surface area contributed by atoms with Crippen LogP contribution in [0.4, 0.5) is 10.5 Å². The zero-order valence-corrected chi connectivity index (χ0v) is 21.4. The van der Waals surface area contributed by atoms with Crippen LogP contribution >= 0.6 is 23.2 Å². The second-order valence-corrected chi connectivity index (χ2v) is 8.77. The molecule has 37 heavy (non-hydrogen) atoms. The minimum atomic E-state index is -0.859. The van der Waals surface area contributed by atoms with Crippen LogP contribution in [0.5, 0.6) is 17.2 Å². The van der Waals surface area contributed by atoms with Crippen LogP contribution in [0.1, 0.15) is 11.1 Å². The van der Waals surface area contributed by atoms with Gasteiger partial charge in [-0.3, -0.25) is 14.9 Å². The number of anilines is 1. The largest absolute Gasteiger partial charge is 0.493 e. The predicted molar refractivity (Wildman–Crippen MR) is 141 cm³/mol.